The van der Waals surface area contributed by atoms with E-state index in [-0.39, 0.29) is 11.9 Å². The van der Waals surface area contributed by atoms with Gasteiger partial charge in [0.2, 0.25) is 0 Å². The van der Waals surface area contributed by atoms with E-state index in [4.69, 9.17) is 9.47 Å². The summed E-state index contributed by atoms with van der Waals surface area (Å²) in [5.74, 6) is 0.740. The van der Waals surface area contributed by atoms with Crippen LogP contribution in [0.2, 0.25) is 0 Å². The van der Waals surface area contributed by atoms with Crippen LogP contribution in [0.5, 0.6) is 5.75 Å². The van der Waals surface area contributed by atoms with Crippen molar-refractivity contribution >= 4 is 16.8 Å². The molecule has 0 aliphatic carbocycles. The molecule has 112 valence electrons. The largest absolute Gasteiger partial charge is 0.497 e. The summed E-state index contributed by atoms with van der Waals surface area (Å²) in [7, 11) is 3.54. The molecular weight excluding hydrogens is 268 g/mol. The van der Waals surface area contributed by atoms with Gasteiger partial charge in [-0.15, -0.1) is 0 Å². The molecule has 0 saturated carbocycles. The zero-order valence-electron chi connectivity index (χ0n) is 12.4. The lowest BCUT2D eigenvalue weighted by molar-refractivity contribution is 0.0620. The van der Waals surface area contributed by atoms with Crippen LogP contribution in [-0.2, 0) is 11.8 Å². The van der Waals surface area contributed by atoms with E-state index in [9.17, 15) is 4.79 Å². The topological polar surface area (TPSA) is 52.5 Å². The minimum absolute atomic E-state index is 0.0526. The highest BCUT2D eigenvalue weighted by Gasteiger charge is 2.19. The van der Waals surface area contributed by atoms with Gasteiger partial charge >= 0.3 is 0 Å². The van der Waals surface area contributed by atoms with Crippen molar-refractivity contribution in [2.45, 2.75) is 18.9 Å². The van der Waals surface area contributed by atoms with Crippen LogP contribution >= 0.6 is 0 Å². The highest BCUT2D eigenvalue weighted by molar-refractivity contribution is 5.99. The monoisotopic (exact) mass is 288 g/mol. The van der Waals surface area contributed by atoms with Crippen molar-refractivity contribution in [1.29, 1.82) is 0 Å². The van der Waals surface area contributed by atoms with E-state index in [1.165, 1.54) is 0 Å². The van der Waals surface area contributed by atoms with Gasteiger partial charge in [0, 0.05) is 24.6 Å². The standard InChI is InChI=1S/C16H20N2O3/c1-18-14-6-5-13(20-2)8-11(14)9-15(18)16(19)17-12-4-3-7-21-10-12/h5-6,8-9,12H,3-4,7,10H2,1-2H3,(H,17,19)/t12-/m0/s1. The Kier molecular flexibility index (Phi) is 3.84. The summed E-state index contributed by atoms with van der Waals surface area (Å²) < 4.78 is 12.5. The molecule has 0 radical (unpaired) electrons. The normalized spacial score (nSPS) is 18.7. The molecule has 1 fully saturated rings. The Balaban J connectivity index is 1.85. The molecule has 1 aliphatic heterocycles. The maximum atomic E-state index is 12.4. The number of carbonyl (C=O) groups excluding carboxylic acids is 1. The average Bonchev–Trinajstić information content (AvgIpc) is 2.85. The van der Waals surface area contributed by atoms with Gasteiger partial charge in [-0.2, -0.15) is 0 Å². The molecule has 21 heavy (non-hydrogen) atoms. The smallest absolute Gasteiger partial charge is 0.268 e. The van der Waals surface area contributed by atoms with Gasteiger partial charge in [0.1, 0.15) is 11.4 Å². The molecule has 0 bridgehead atoms. The van der Waals surface area contributed by atoms with Crippen LogP contribution in [0.15, 0.2) is 24.3 Å². The third-order valence-corrected chi connectivity index (χ3v) is 3.98. The molecule has 1 aromatic carbocycles. The van der Waals surface area contributed by atoms with Gasteiger partial charge < -0.3 is 19.4 Å². The van der Waals surface area contributed by atoms with E-state index in [2.05, 4.69) is 5.32 Å². The molecule has 3 rings (SSSR count). The molecule has 5 heteroatoms. The number of aryl methyl sites for hydroxylation is 1. The lowest BCUT2D eigenvalue weighted by atomic mass is 10.1. The van der Waals surface area contributed by atoms with Gasteiger partial charge in [-0.1, -0.05) is 0 Å². The van der Waals surface area contributed by atoms with Gasteiger partial charge in [0.25, 0.3) is 5.91 Å². The Morgan fingerprint density at radius 3 is 3.00 bits per heavy atom. The highest BCUT2D eigenvalue weighted by atomic mass is 16.5. The summed E-state index contributed by atoms with van der Waals surface area (Å²) in [5, 5.41) is 4.05. The first-order valence-corrected chi connectivity index (χ1v) is 7.21. The van der Waals surface area contributed by atoms with Gasteiger partial charge in [0.05, 0.1) is 19.8 Å². The Bertz CT molecular complexity index is 657. The van der Waals surface area contributed by atoms with Gasteiger partial charge in [-0.25, -0.2) is 0 Å². The molecule has 1 saturated heterocycles. The molecular formula is C16H20N2O3. The van der Waals surface area contributed by atoms with E-state index in [1.54, 1.807) is 7.11 Å². The number of hydrogen-bond acceptors (Lipinski definition) is 3. The van der Waals surface area contributed by atoms with Crippen LogP contribution < -0.4 is 10.1 Å². The maximum Gasteiger partial charge on any atom is 0.268 e. The van der Waals surface area contributed by atoms with E-state index >= 15 is 0 Å². The molecule has 1 aromatic heterocycles. The summed E-state index contributed by atoms with van der Waals surface area (Å²) in [6.45, 7) is 1.39. The maximum absolute atomic E-state index is 12.4. The van der Waals surface area contributed by atoms with Crippen LogP contribution in [0.3, 0.4) is 0 Å². The number of hydrogen-bond donors (Lipinski definition) is 1. The molecule has 5 nitrogen and oxygen atoms in total. The van der Waals surface area contributed by atoms with Crippen molar-refractivity contribution in [3.63, 3.8) is 0 Å². The van der Waals surface area contributed by atoms with E-state index in [0.717, 1.165) is 36.1 Å². The molecule has 0 unspecified atom stereocenters. The predicted molar refractivity (Wildman–Crippen MR) is 80.8 cm³/mol. The first-order chi connectivity index (χ1) is 10.2. The van der Waals surface area contributed by atoms with E-state index in [0.29, 0.717) is 12.3 Å². The minimum atomic E-state index is -0.0526. The number of nitrogens with one attached hydrogen (secondary N) is 1. The summed E-state index contributed by atoms with van der Waals surface area (Å²) >= 11 is 0. The average molecular weight is 288 g/mol. The predicted octanol–water partition coefficient (Wildman–Crippen LogP) is 2.10. The van der Waals surface area contributed by atoms with Crippen LogP contribution in [0, 0.1) is 0 Å². The van der Waals surface area contributed by atoms with Crippen LogP contribution in [0.4, 0.5) is 0 Å². The number of carbonyl (C=O) groups is 1. The molecule has 1 aliphatic rings. The number of amides is 1. The van der Waals surface area contributed by atoms with E-state index in [1.807, 2.05) is 35.9 Å². The number of fused-ring (bicyclic) bond motifs is 1. The van der Waals surface area contributed by atoms with Crippen LogP contribution in [0.1, 0.15) is 23.3 Å². The second kappa shape index (κ2) is 5.77. The summed E-state index contributed by atoms with van der Waals surface area (Å²) in [5.41, 5.74) is 1.67. The van der Waals surface area contributed by atoms with Crippen molar-refractivity contribution < 1.29 is 14.3 Å². The third-order valence-electron chi connectivity index (χ3n) is 3.98. The van der Waals surface area contributed by atoms with Crippen molar-refractivity contribution in [1.82, 2.24) is 9.88 Å². The van der Waals surface area contributed by atoms with Crippen molar-refractivity contribution in [2.75, 3.05) is 20.3 Å². The minimum Gasteiger partial charge on any atom is -0.497 e. The Labute approximate surface area is 123 Å². The molecule has 2 heterocycles. The number of benzene rings is 1. The fraction of sp³-hybridized carbons (Fsp3) is 0.438. The lowest BCUT2D eigenvalue weighted by Gasteiger charge is -2.23. The first-order valence-electron chi connectivity index (χ1n) is 7.21. The fourth-order valence-electron chi connectivity index (χ4n) is 2.79. The second-order valence-corrected chi connectivity index (χ2v) is 5.40. The number of nitrogens with zero attached hydrogens (tertiary/aromatic N) is 1. The Morgan fingerprint density at radius 1 is 1.43 bits per heavy atom. The summed E-state index contributed by atoms with van der Waals surface area (Å²) in [6, 6.07) is 7.82. The van der Waals surface area contributed by atoms with E-state index < -0.39 is 0 Å². The van der Waals surface area contributed by atoms with Crippen LogP contribution in [0.25, 0.3) is 10.9 Å². The lowest BCUT2D eigenvalue weighted by Crippen LogP contribution is -2.41. The van der Waals surface area contributed by atoms with Crippen LogP contribution in [-0.4, -0.2) is 36.8 Å². The fourth-order valence-corrected chi connectivity index (χ4v) is 2.79. The first kappa shape index (κ1) is 13.9. The zero-order chi connectivity index (χ0) is 14.8. The van der Waals surface area contributed by atoms with Crippen molar-refractivity contribution in [3.05, 3.63) is 30.0 Å². The summed E-state index contributed by atoms with van der Waals surface area (Å²) in [4.78, 5) is 12.4. The molecule has 1 atom stereocenters. The van der Waals surface area contributed by atoms with Gasteiger partial charge in [0.15, 0.2) is 0 Å². The number of methoxy groups -OCH3 is 1. The quantitative estimate of drug-likeness (QED) is 0.941. The number of aromatic nitrogens is 1. The number of ether oxygens (including phenoxy) is 2. The molecule has 1 amide bonds. The molecule has 0 spiro atoms. The second-order valence-electron chi connectivity index (χ2n) is 5.40. The summed E-state index contributed by atoms with van der Waals surface area (Å²) in [6.07, 6.45) is 1.97. The van der Waals surface area contributed by atoms with Gasteiger partial charge in [-0.05, 0) is 37.1 Å². The molecule has 2 aromatic rings. The zero-order valence-corrected chi connectivity index (χ0v) is 12.4. The number of rotatable bonds is 3. The van der Waals surface area contributed by atoms with Crippen molar-refractivity contribution in [2.24, 2.45) is 7.05 Å². The highest BCUT2D eigenvalue weighted by Crippen LogP contribution is 2.24. The third kappa shape index (κ3) is 2.74. The Morgan fingerprint density at radius 2 is 2.29 bits per heavy atom. The molecule has 1 N–H and O–H groups in total. The SMILES string of the molecule is COc1ccc2c(c1)cc(C(=O)N[C@H]1CCCOC1)n2C. The van der Waals surface area contributed by atoms with Crippen molar-refractivity contribution in [3.8, 4) is 5.75 Å². The Hall–Kier alpha value is -2.01. The van der Waals surface area contributed by atoms with Gasteiger partial charge in [-0.3, -0.25) is 4.79 Å².